The van der Waals surface area contributed by atoms with Gasteiger partial charge in [0.05, 0.1) is 25.7 Å². The normalized spacial score (nSPS) is 11.8. The molecule has 0 bridgehead atoms. The number of Topliss-reactive ketones (excluding diaryl/α,β-unsaturated/α-hetero) is 2. The summed E-state index contributed by atoms with van der Waals surface area (Å²) in [4.78, 5) is 44.9. The predicted molar refractivity (Wildman–Crippen MR) is 91.8 cm³/mol. The maximum atomic E-state index is 11.7. The SMILES string of the molecule is CCOCC(=O)NCCOCCOCC(=O)C[C@@H](CCC(C)=O)C(=O)O. The maximum Gasteiger partial charge on any atom is 0.306 e. The summed E-state index contributed by atoms with van der Waals surface area (Å²) >= 11 is 0. The van der Waals surface area contributed by atoms with E-state index in [1.165, 1.54) is 6.92 Å². The maximum absolute atomic E-state index is 11.7. The van der Waals surface area contributed by atoms with Crippen LogP contribution >= 0.6 is 0 Å². The highest BCUT2D eigenvalue weighted by Gasteiger charge is 2.21. The van der Waals surface area contributed by atoms with E-state index < -0.39 is 11.9 Å². The van der Waals surface area contributed by atoms with E-state index >= 15 is 0 Å². The van der Waals surface area contributed by atoms with Gasteiger partial charge in [0, 0.05) is 26.0 Å². The van der Waals surface area contributed by atoms with Crippen LogP contribution in [0.1, 0.15) is 33.1 Å². The molecule has 1 atom stereocenters. The van der Waals surface area contributed by atoms with Gasteiger partial charge in [-0.15, -0.1) is 0 Å². The fraction of sp³-hybridized carbons (Fsp3) is 0.765. The van der Waals surface area contributed by atoms with Crippen molar-refractivity contribution in [1.29, 1.82) is 0 Å². The molecule has 0 aliphatic carbocycles. The highest BCUT2D eigenvalue weighted by atomic mass is 16.5. The van der Waals surface area contributed by atoms with Gasteiger partial charge in [0.2, 0.25) is 5.91 Å². The Kier molecular flexibility index (Phi) is 14.3. The lowest BCUT2D eigenvalue weighted by Gasteiger charge is -2.11. The quantitative estimate of drug-likeness (QED) is 0.345. The third-order valence-corrected chi connectivity index (χ3v) is 3.31. The minimum atomic E-state index is -1.09. The number of carboxylic acids is 1. The monoisotopic (exact) mass is 375 g/mol. The van der Waals surface area contributed by atoms with Crippen LogP contribution in [0.2, 0.25) is 0 Å². The summed E-state index contributed by atoms with van der Waals surface area (Å²) in [5, 5.41) is 11.7. The molecule has 0 spiro atoms. The molecule has 0 aromatic carbocycles. The van der Waals surface area contributed by atoms with E-state index in [0.717, 1.165) is 0 Å². The number of carbonyl (C=O) groups excluding carboxylic acids is 3. The van der Waals surface area contributed by atoms with Crippen LogP contribution in [-0.4, -0.2) is 74.7 Å². The van der Waals surface area contributed by atoms with Crippen molar-refractivity contribution in [3.63, 3.8) is 0 Å². The van der Waals surface area contributed by atoms with E-state index in [1.54, 1.807) is 6.92 Å². The molecule has 150 valence electrons. The van der Waals surface area contributed by atoms with Gasteiger partial charge in [-0.2, -0.15) is 0 Å². The Morgan fingerprint density at radius 2 is 1.69 bits per heavy atom. The Balaban J connectivity index is 3.67. The van der Waals surface area contributed by atoms with Crippen molar-refractivity contribution in [3.8, 4) is 0 Å². The summed E-state index contributed by atoms with van der Waals surface area (Å²) in [7, 11) is 0. The second-order valence-electron chi connectivity index (χ2n) is 5.67. The molecule has 2 N–H and O–H groups in total. The van der Waals surface area contributed by atoms with Crippen LogP contribution in [0.3, 0.4) is 0 Å². The average Bonchev–Trinajstić information content (AvgIpc) is 2.58. The fourth-order valence-electron chi connectivity index (χ4n) is 1.94. The van der Waals surface area contributed by atoms with Gasteiger partial charge in [0.15, 0.2) is 5.78 Å². The number of carbonyl (C=O) groups is 4. The minimum Gasteiger partial charge on any atom is -0.481 e. The molecule has 26 heavy (non-hydrogen) atoms. The minimum absolute atomic E-state index is 0.0193. The summed E-state index contributed by atoms with van der Waals surface area (Å²) in [5.41, 5.74) is 0. The van der Waals surface area contributed by atoms with E-state index in [2.05, 4.69) is 5.32 Å². The zero-order chi connectivity index (χ0) is 19.8. The first-order chi connectivity index (χ1) is 12.4. The molecule has 0 fully saturated rings. The fourth-order valence-corrected chi connectivity index (χ4v) is 1.94. The number of nitrogens with one attached hydrogen (secondary N) is 1. The molecule has 0 saturated heterocycles. The Morgan fingerprint density at radius 3 is 2.31 bits per heavy atom. The zero-order valence-corrected chi connectivity index (χ0v) is 15.5. The van der Waals surface area contributed by atoms with E-state index in [9.17, 15) is 19.2 Å². The third kappa shape index (κ3) is 14.5. The molecule has 1 amide bonds. The lowest BCUT2D eigenvalue weighted by atomic mass is 9.96. The number of carboxylic acid groups (broad SMARTS) is 1. The molecule has 0 unspecified atom stereocenters. The highest BCUT2D eigenvalue weighted by molar-refractivity contribution is 5.85. The van der Waals surface area contributed by atoms with Crippen LogP contribution in [0.15, 0.2) is 0 Å². The van der Waals surface area contributed by atoms with E-state index in [0.29, 0.717) is 19.8 Å². The van der Waals surface area contributed by atoms with Gasteiger partial charge in [-0.3, -0.25) is 14.4 Å². The number of ketones is 2. The second-order valence-corrected chi connectivity index (χ2v) is 5.67. The largest absolute Gasteiger partial charge is 0.481 e. The van der Waals surface area contributed by atoms with Crippen LogP contribution in [0.5, 0.6) is 0 Å². The number of aliphatic carboxylic acids is 1. The van der Waals surface area contributed by atoms with Gasteiger partial charge < -0.3 is 29.4 Å². The number of ether oxygens (including phenoxy) is 3. The Labute approximate surface area is 153 Å². The van der Waals surface area contributed by atoms with Crippen LogP contribution in [0.25, 0.3) is 0 Å². The Morgan fingerprint density at radius 1 is 1.00 bits per heavy atom. The van der Waals surface area contributed by atoms with Gasteiger partial charge in [-0.1, -0.05) is 0 Å². The van der Waals surface area contributed by atoms with E-state index in [4.69, 9.17) is 19.3 Å². The highest BCUT2D eigenvalue weighted by Crippen LogP contribution is 2.12. The summed E-state index contributed by atoms with van der Waals surface area (Å²) in [6.07, 6.45) is 0.129. The molecule has 9 heteroatoms. The average molecular weight is 375 g/mol. The molecule has 0 aliphatic heterocycles. The first-order valence-electron chi connectivity index (χ1n) is 8.60. The van der Waals surface area contributed by atoms with E-state index in [1.807, 2.05) is 0 Å². The topological polar surface area (TPSA) is 128 Å². The molecular formula is C17H29NO8. The number of hydrogen-bond acceptors (Lipinski definition) is 7. The van der Waals surface area contributed by atoms with Crippen LogP contribution in [0.4, 0.5) is 0 Å². The van der Waals surface area contributed by atoms with Crippen molar-refractivity contribution in [1.82, 2.24) is 5.32 Å². The summed E-state index contributed by atoms with van der Waals surface area (Å²) in [5.74, 6) is -2.61. The van der Waals surface area contributed by atoms with Gasteiger partial charge in [-0.25, -0.2) is 0 Å². The summed E-state index contributed by atoms with van der Waals surface area (Å²) < 4.78 is 15.3. The Hall–Kier alpha value is -1.84. The standard InChI is InChI=1S/C17H29NO8/c1-3-24-12-16(21)18-6-7-25-8-9-26-11-15(20)10-14(17(22)23)5-4-13(2)19/h14H,3-12H2,1-2H3,(H,18,21)(H,22,23)/t14-/m1/s1. The van der Waals surface area contributed by atoms with Crippen molar-refractivity contribution in [2.75, 3.05) is 46.2 Å². The molecule has 0 aliphatic rings. The summed E-state index contributed by atoms with van der Waals surface area (Å²) in [6.45, 7) is 4.57. The van der Waals surface area contributed by atoms with E-state index in [-0.39, 0.29) is 63.2 Å². The third-order valence-electron chi connectivity index (χ3n) is 3.31. The van der Waals surface area contributed by atoms with Crippen molar-refractivity contribution < 1.29 is 38.5 Å². The second kappa shape index (κ2) is 15.4. The lowest BCUT2D eigenvalue weighted by molar-refractivity contribution is -0.144. The molecule has 0 radical (unpaired) electrons. The molecule has 0 aromatic rings. The van der Waals surface area contributed by atoms with Gasteiger partial charge in [0.1, 0.15) is 19.0 Å². The lowest BCUT2D eigenvalue weighted by Crippen LogP contribution is -2.31. The van der Waals surface area contributed by atoms with Crippen molar-refractivity contribution >= 4 is 23.4 Å². The van der Waals surface area contributed by atoms with Gasteiger partial charge >= 0.3 is 5.97 Å². The summed E-state index contributed by atoms with van der Waals surface area (Å²) in [6, 6.07) is 0. The molecular weight excluding hydrogens is 346 g/mol. The zero-order valence-electron chi connectivity index (χ0n) is 15.5. The van der Waals surface area contributed by atoms with Gasteiger partial charge in [-0.05, 0) is 20.3 Å². The first-order valence-corrected chi connectivity index (χ1v) is 8.60. The first kappa shape index (κ1) is 24.2. The predicted octanol–water partition coefficient (Wildman–Crippen LogP) is 0.202. The molecule has 0 aromatic heterocycles. The Bertz CT molecular complexity index is 452. The number of amides is 1. The van der Waals surface area contributed by atoms with Crippen LogP contribution < -0.4 is 5.32 Å². The molecule has 0 heterocycles. The van der Waals surface area contributed by atoms with Crippen molar-refractivity contribution in [2.45, 2.75) is 33.1 Å². The van der Waals surface area contributed by atoms with Crippen LogP contribution in [-0.2, 0) is 33.4 Å². The van der Waals surface area contributed by atoms with Gasteiger partial charge in [0.25, 0.3) is 0 Å². The van der Waals surface area contributed by atoms with Crippen molar-refractivity contribution in [2.24, 2.45) is 5.92 Å². The molecule has 0 saturated carbocycles. The van der Waals surface area contributed by atoms with Crippen molar-refractivity contribution in [3.05, 3.63) is 0 Å². The number of rotatable bonds is 17. The van der Waals surface area contributed by atoms with Crippen LogP contribution in [0, 0.1) is 5.92 Å². The molecule has 0 rings (SSSR count). The smallest absolute Gasteiger partial charge is 0.306 e. The molecule has 9 nitrogen and oxygen atoms in total. The number of hydrogen-bond donors (Lipinski definition) is 2.